The molecule has 20 heavy (non-hydrogen) atoms. The molecule has 0 spiro atoms. The molecule has 4 heteroatoms. The van der Waals surface area contributed by atoms with Crippen molar-refractivity contribution in [3.05, 3.63) is 0 Å². The van der Waals surface area contributed by atoms with Gasteiger partial charge in [-0.25, -0.2) is 0 Å². The predicted molar refractivity (Wildman–Crippen MR) is 82.7 cm³/mol. The van der Waals surface area contributed by atoms with Gasteiger partial charge < -0.3 is 15.0 Å². The third-order valence-corrected chi connectivity index (χ3v) is 4.78. The number of esters is 1. The lowest BCUT2D eigenvalue weighted by molar-refractivity contribution is -0.150. The van der Waals surface area contributed by atoms with E-state index in [1.54, 1.807) is 0 Å². The Balaban J connectivity index is 2.40. The highest BCUT2D eigenvalue weighted by molar-refractivity contribution is 5.80. The van der Waals surface area contributed by atoms with E-state index in [0.29, 0.717) is 6.61 Å². The van der Waals surface area contributed by atoms with Gasteiger partial charge in [-0.2, -0.15) is 0 Å². The Morgan fingerprint density at radius 1 is 1.40 bits per heavy atom. The van der Waals surface area contributed by atoms with Crippen LogP contribution in [0.3, 0.4) is 0 Å². The summed E-state index contributed by atoms with van der Waals surface area (Å²) in [6, 6.07) is 0. The number of carbonyl (C=O) groups excluding carboxylic acids is 1. The molecule has 0 aliphatic carbocycles. The standard InChI is InChI=1S/C16H32N2O2/c1-6-20-15(19)16(4,17-5)9-12-18-10-7-14(8-11-18)13(2)3/h13-14,17H,6-12H2,1-5H3. The fourth-order valence-electron chi connectivity index (χ4n) is 2.84. The summed E-state index contributed by atoms with van der Waals surface area (Å²) in [4.78, 5) is 14.5. The van der Waals surface area contributed by atoms with Crippen LogP contribution in [0.25, 0.3) is 0 Å². The van der Waals surface area contributed by atoms with Crippen LogP contribution in [0.5, 0.6) is 0 Å². The van der Waals surface area contributed by atoms with Gasteiger partial charge in [0.1, 0.15) is 5.54 Å². The fourth-order valence-corrected chi connectivity index (χ4v) is 2.84. The summed E-state index contributed by atoms with van der Waals surface area (Å²) in [5.41, 5.74) is -0.565. The van der Waals surface area contributed by atoms with Gasteiger partial charge in [0.2, 0.25) is 0 Å². The SMILES string of the molecule is CCOC(=O)C(C)(CCN1CCC(C(C)C)CC1)NC. The molecule has 0 aromatic rings. The van der Waals surface area contributed by atoms with E-state index < -0.39 is 5.54 Å². The lowest BCUT2D eigenvalue weighted by Crippen LogP contribution is -2.51. The first kappa shape index (κ1) is 17.4. The molecule has 0 bridgehead atoms. The van der Waals surface area contributed by atoms with Gasteiger partial charge in [-0.15, -0.1) is 0 Å². The highest BCUT2D eigenvalue weighted by Gasteiger charge is 2.33. The van der Waals surface area contributed by atoms with Crippen molar-refractivity contribution >= 4 is 5.97 Å². The van der Waals surface area contributed by atoms with Gasteiger partial charge in [0.25, 0.3) is 0 Å². The van der Waals surface area contributed by atoms with E-state index in [2.05, 4.69) is 24.1 Å². The van der Waals surface area contributed by atoms with Crippen LogP contribution in [0.4, 0.5) is 0 Å². The van der Waals surface area contributed by atoms with Crippen LogP contribution in [0.15, 0.2) is 0 Å². The number of rotatable bonds is 7. The van der Waals surface area contributed by atoms with Gasteiger partial charge in [-0.05, 0) is 65.1 Å². The molecule has 1 aliphatic rings. The fraction of sp³-hybridized carbons (Fsp3) is 0.938. The van der Waals surface area contributed by atoms with E-state index in [1.807, 2.05) is 20.9 Å². The highest BCUT2D eigenvalue weighted by atomic mass is 16.5. The minimum atomic E-state index is -0.565. The second-order valence-corrected chi connectivity index (χ2v) is 6.48. The van der Waals surface area contributed by atoms with Crippen molar-refractivity contribution in [2.45, 2.75) is 52.5 Å². The first-order chi connectivity index (χ1) is 9.42. The number of hydrogen-bond donors (Lipinski definition) is 1. The molecule has 118 valence electrons. The Morgan fingerprint density at radius 3 is 2.45 bits per heavy atom. The molecular formula is C16H32N2O2. The molecule has 1 atom stereocenters. The second-order valence-electron chi connectivity index (χ2n) is 6.48. The summed E-state index contributed by atoms with van der Waals surface area (Å²) in [6.07, 6.45) is 3.37. The monoisotopic (exact) mass is 284 g/mol. The Labute approximate surface area is 124 Å². The number of hydrogen-bond acceptors (Lipinski definition) is 4. The summed E-state index contributed by atoms with van der Waals surface area (Å²) < 4.78 is 5.17. The molecule has 0 saturated carbocycles. The second kappa shape index (κ2) is 7.99. The summed E-state index contributed by atoms with van der Waals surface area (Å²) in [6.45, 7) is 12.1. The molecule has 0 radical (unpaired) electrons. The summed E-state index contributed by atoms with van der Waals surface area (Å²) in [5, 5.41) is 3.13. The van der Waals surface area contributed by atoms with Gasteiger partial charge in [0, 0.05) is 6.54 Å². The molecule has 1 aliphatic heterocycles. The molecule has 1 heterocycles. The lowest BCUT2D eigenvalue weighted by atomic mass is 9.86. The van der Waals surface area contributed by atoms with Crippen LogP contribution in [-0.2, 0) is 9.53 Å². The molecule has 1 unspecified atom stereocenters. The van der Waals surface area contributed by atoms with E-state index in [1.165, 1.54) is 12.8 Å². The van der Waals surface area contributed by atoms with Crippen molar-refractivity contribution in [1.29, 1.82) is 0 Å². The van der Waals surface area contributed by atoms with Crippen LogP contribution >= 0.6 is 0 Å². The van der Waals surface area contributed by atoms with Crippen LogP contribution in [0.2, 0.25) is 0 Å². The zero-order valence-electron chi connectivity index (χ0n) is 13.9. The Kier molecular flexibility index (Phi) is 6.96. The van der Waals surface area contributed by atoms with Gasteiger partial charge in [0.15, 0.2) is 0 Å². The van der Waals surface area contributed by atoms with Crippen LogP contribution < -0.4 is 5.32 Å². The molecular weight excluding hydrogens is 252 g/mol. The van der Waals surface area contributed by atoms with Crippen LogP contribution in [0, 0.1) is 11.8 Å². The molecule has 0 aromatic carbocycles. The van der Waals surface area contributed by atoms with Gasteiger partial charge in [-0.1, -0.05) is 13.8 Å². The van der Waals surface area contributed by atoms with Crippen LogP contribution in [-0.4, -0.2) is 49.7 Å². The maximum absolute atomic E-state index is 12.0. The summed E-state index contributed by atoms with van der Waals surface area (Å²) in [5.74, 6) is 1.52. The average Bonchev–Trinajstić information content (AvgIpc) is 2.45. The summed E-state index contributed by atoms with van der Waals surface area (Å²) >= 11 is 0. The van der Waals surface area contributed by atoms with Crippen molar-refractivity contribution in [2.24, 2.45) is 11.8 Å². The van der Waals surface area contributed by atoms with E-state index in [-0.39, 0.29) is 5.97 Å². The van der Waals surface area contributed by atoms with Crippen molar-refractivity contribution in [2.75, 3.05) is 33.3 Å². The third kappa shape index (κ3) is 4.74. The number of likely N-dealkylation sites (N-methyl/N-ethyl adjacent to an activating group) is 1. The number of likely N-dealkylation sites (tertiary alicyclic amines) is 1. The molecule has 4 nitrogen and oxygen atoms in total. The van der Waals surface area contributed by atoms with E-state index in [0.717, 1.165) is 37.9 Å². The molecule has 0 amide bonds. The van der Waals surface area contributed by atoms with Gasteiger partial charge >= 0.3 is 5.97 Å². The normalized spacial score (nSPS) is 20.9. The number of nitrogens with zero attached hydrogens (tertiary/aromatic N) is 1. The zero-order chi connectivity index (χ0) is 15.2. The maximum atomic E-state index is 12.0. The number of ether oxygens (including phenoxy) is 1. The van der Waals surface area contributed by atoms with Crippen LogP contribution in [0.1, 0.15) is 47.0 Å². The summed E-state index contributed by atoms with van der Waals surface area (Å²) in [7, 11) is 1.84. The molecule has 1 saturated heterocycles. The maximum Gasteiger partial charge on any atom is 0.326 e. The topological polar surface area (TPSA) is 41.6 Å². The Hall–Kier alpha value is -0.610. The van der Waals surface area contributed by atoms with Gasteiger partial charge in [-0.3, -0.25) is 4.79 Å². The highest BCUT2D eigenvalue weighted by Crippen LogP contribution is 2.25. The largest absolute Gasteiger partial charge is 0.465 e. The Morgan fingerprint density at radius 2 is 2.00 bits per heavy atom. The third-order valence-electron chi connectivity index (χ3n) is 4.78. The lowest BCUT2D eigenvalue weighted by Gasteiger charge is -2.36. The van der Waals surface area contributed by atoms with Crippen molar-refractivity contribution in [3.63, 3.8) is 0 Å². The van der Waals surface area contributed by atoms with E-state index in [4.69, 9.17) is 4.74 Å². The van der Waals surface area contributed by atoms with Crippen molar-refractivity contribution in [1.82, 2.24) is 10.2 Å². The molecule has 1 N–H and O–H groups in total. The van der Waals surface area contributed by atoms with E-state index >= 15 is 0 Å². The predicted octanol–water partition coefficient (Wildman–Crippen LogP) is 2.29. The smallest absolute Gasteiger partial charge is 0.326 e. The quantitative estimate of drug-likeness (QED) is 0.728. The number of piperidine rings is 1. The average molecular weight is 284 g/mol. The van der Waals surface area contributed by atoms with Gasteiger partial charge in [0.05, 0.1) is 6.61 Å². The minimum Gasteiger partial charge on any atom is -0.465 e. The Bertz CT molecular complexity index is 299. The molecule has 0 aromatic heterocycles. The molecule has 1 fully saturated rings. The first-order valence-electron chi connectivity index (χ1n) is 8.01. The van der Waals surface area contributed by atoms with E-state index in [9.17, 15) is 4.79 Å². The first-order valence-corrected chi connectivity index (χ1v) is 8.01. The number of carbonyl (C=O) groups is 1. The van der Waals surface area contributed by atoms with Crippen molar-refractivity contribution < 1.29 is 9.53 Å². The minimum absolute atomic E-state index is 0.139. The zero-order valence-corrected chi connectivity index (χ0v) is 13.9. The number of nitrogens with one attached hydrogen (secondary N) is 1. The molecule has 1 rings (SSSR count). The van der Waals surface area contributed by atoms with Crippen molar-refractivity contribution in [3.8, 4) is 0 Å².